The summed E-state index contributed by atoms with van der Waals surface area (Å²) in [5.41, 5.74) is 1.01. The summed E-state index contributed by atoms with van der Waals surface area (Å²) in [6.07, 6.45) is 0. The van der Waals surface area contributed by atoms with E-state index in [4.69, 9.17) is 4.74 Å². The molecule has 6 nitrogen and oxygen atoms in total. The fourth-order valence-electron chi connectivity index (χ4n) is 2.28. The van der Waals surface area contributed by atoms with E-state index in [9.17, 15) is 13.2 Å². The summed E-state index contributed by atoms with van der Waals surface area (Å²) in [6.45, 7) is 1.76. The Kier molecular flexibility index (Phi) is 5.58. The molecule has 0 fully saturated rings. The van der Waals surface area contributed by atoms with Crippen molar-refractivity contribution >= 4 is 15.9 Å². The number of sulfonamides is 1. The lowest BCUT2D eigenvalue weighted by Gasteiger charge is -2.16. The summed E-state index contributed by atoms with van der Waals surface area (Å²) < 4.78 is 32.9. The SMILES string of the molecule is CNC(=O)c1cc(S(=O)(=O)N[C@@H](C)c2ccccc2)ccc1OC. The summed E-state index contributed by atoms with van der Waals surface area (Å²) in [5.74, 6) is -0.107. The number of hydrogen-bond donors (Lipinski definition) is 2. The Morgan fingerprint density at radius 3 is 2.38 bits per heavy atom. The van der Waals surface area contributed by atoms with Crippen LogP contribution in [-0.4, -0.2) is 28.5 Å². The quantitative estimate of drug-likeness (QED) is 0.837. The Morgan fingerprint density at radius 2 is 1.79 bits per heavy atom. The first-order valence-electron chi connectivity index (χ1n) is 7.36. The number of ether oxygens (including phenoxy) is 1. The molecule has 128 valence electrons. The largest absolute Gasteiger partial charge is 0.496 e. The van der Waals surface area contributed by atoms with Crippen molar-refractivity contribution in [1.82, 2.24) is 10.0 Å². The van der Waals surface area contributed by atoms with Gasteiger partial charge in [0.25, 0.3) is 5.91 Å². The first-order valence-corrected chi connectivity index (χ1v) is 8.84. The average Bonchev–Trinajstić information content (AvgIpc) is 2.60. The van der Waals surface area contributed by atoms with Gasteiger partial charge in [0.1, 0.15) is 5.75 Å². The molecule has 0 radical (unpaired) electrons. The van der Waals surface area contributed by atoms with Gasteiger partial charge in [-0.25, -0.2) is 13.1 Å². The molecule has 0 aliphatic rings. The van der Waals surface area contributed by atoms with E-state index in [0.29, 0.717) is 5.75 Å². The van der Waals surface area contributed by atoms with Gasteiger partial charge >= 0.3 is 0 Å². The molecule has 0 unspecified atom stereocenters. The lowest BCUT2D eigenvalue weighted by molar-refractivity contribution is 0.0960. The molecule has 2 aromatic carbocycles. The highest BCUT2D eigenvalue weighted by molar-refractivity contribution is 7.89. The first-order chi connectivity index (χ1) is 11.4. The number of amides is 1. The summed E-state index contributed by atoms with van der Waals surface area (Å²) >= 11 is 0. The van der Waals surface area contributed by atoms with E-state index in [-0.39, 0.29) is 10.5 Å². The van der Waals surface area contributed by atoms with E-state index in [1.165, 1.54) is 32.4 Å². The fraction of sp³-hybridized carbons (Fsp3) is 0.235. The van der Waals surface area contributed by atoms with Crippen LogP contribution in [0.5, 0.6) is 5.75 Å². The van der Waals surface area contributed by atoms with Crippen LogP contribution < -0.4 is 14.8 Å². The molecule has 0 aliphatic carbocycles. The number of carbonyl (C=O) groups is 1. The van der Waals surface area contributed by atoms with Crippen molar-refractivity contribution in [3.05, 3.63) is 59.7 Å². The topological polar surface area (TPSA) is 84.5 Å². The van der Waals surface area contributed by atoms with E-state index in [1.54, 1.807) is 6.92 Å². The maximum atomic E-state index is 12.6. The molecule has 0 saturated carbocycles. The van der Waals surface area contributed by atoms with Crippen LogP contribution in [0.4, 0.5) is 0 Å². The summed E-state index contributed by atoms with van der Waals surface area (Å²) in [5, 5.41) is 2.47. The molecule has 2 rings (SSSR count). The van der Waals surface area contributed by atoms with Gasteiger partial charge < -0.3 is 10.1 Å². The number of carbonyl (C=O) groups excluding carboxylic acids is 1. The van der Waals surface area contributed by atoms with Crippen molar-refractivity contribution in [2.45, 2.75) is 17.9 Å². The third kappa shape index (κ3) is 3.93. The zero-order valence-electron chi connectivity index (χ0n) is 13.7. The van der Waals surface area contributed by atoms with Gasteiger partial charge in [-0.3, -0.25) is 4.79 Å². The Hall–Kier alpha value is -2.38. The highest BCUT2D eigenvalue weighted by Gasteiger charge is 2.21. The van der Waals surface area contributed by atoms with Crippen LogP contribution in [0, 0.1) is 0 Å². The van der Waals surface area contributed by atoms with E-state index in [1.807, 2.05) is 30.3 Å². The number of benzene rings is 2. The number of methoxy groups -OCH3 is 1. The van der Waals surface area contributed by atoms with Crippen LogP contribution >= 0.6 is 0 Å². The van der Waals surface area contributed by atoms with Crippen molar-refractivity contribution in [2.75, 3.05) is 14.2 Å². The Labute approximate surface area is 141 Å². The molecule has 0 heterocycles. The van der Waals surface area contributed by atoms with Crippen LogP contribution in [0.25, 0.3) is 0 Å². The Morgan fingerprint density at radius 1 is 1.12 bits per heavy atom. The van der Waals surface area contributed by atoms with Gasteiger partial charge in [-0.1, -0.05) is 30.3 Å². The van der Waals surface area contributed by atoms with Crippen molar-refractivity contribution in [1.29, 1.82) is 0 Å². The predicted octanol–water partition coefficient (Wildman–Crippen LogP) is 2.09. The van der Waals surface area contributed by atoms with E-state index in [0.717, 1.165) is 5.56 Å². The Bertz CT molecular complexity index is 820. The molecule has 2 aromatic rings. The summed E-state index contributed by atoms with van der Waals surface area (Å²) in [6, 6.07) is 13.0. The molecule has 1 atom stereocenters. The summed E-state index contributed by atoms with van der Waals surface area (Å²) in [4.78, 5) is 11.9. The lowest BCUT2D eigenvalue weighted by Crippen LogP contribution is -2.27. The summed E-state index contributed by atoms with van der Waals surface area (Å²) in [7, 11) is -0.889. The van der Waals surface area contributed by atoms with Crippen LogP contribution in [0.1, 0.15) is 28.9 Å². The van der Waals surface area contributed by atoms with Crippen LogP contribution in [0.2, 0.25) is 0 Å². The molecule has 7 heteroatoms. The number of rotatable bonds is 6. The Balaban J connectivity index is 2.34. The zero-order chi connectivity index (χ0) is 17.7. The molecular weight excluding hydrogens is 328 g/mol. The molecule has 0 aromatic heterocycles. The smallest absolute Gasteiger partial charge is 0.254 e. The molecule has 0 aliphatic heterocycles. The van der Waals surface area contributed by atoms with Crippen LogP contribution in [-0.2, 0) is 10.0 Å². The van der Waals surface area contributed by atoms with Gasteiger partial charge in [-0.2, -0.15) is 0 Å². The van der Waals surface area contributed by atoms with Crippen LogP contribution in [0.15, 0.2) is 53.4 Å². The van der Waals surface area contributed by atoms with Crippen molar-refractivity contribution in [2.24, 2.45) is 0 Å². The molecule has 1 amide bonds. The van der Waals surface area contributed by atoms with Crippen LogP contribution in [0.3, 0.4) is 0 Å². The highest BCUT2D eigenvalue weighted by Crippen LogP contribution is 2.24. The second-order valence-electron chi connectivity index (χ2n) is 5.19. The standard InChI is InChI=1S/C17H20N2O4S/c1-12(13-7-5-4-6-8-13)19-24(21,22)14-9-10-16(23-3)15(11-14)17(20)18-2/h4-12,19H,1-3H3,(H,18,20)/t12-/m0/s1. The third-order valence-corrected chi connectivity index (χ3v) is 5.12. The molecule has 0 bridgehead atoms. The first kappa shape index (κ1) is 18.0. The highest BCUT2D eigenvalue weighted by atomic mass is 32.2. The maximum Gasteiger partial charge on any atom is 0.254 e. The van der Waals surface area contributed by atoms with Crippen molar-refractivity contribution in [3.63, 3.8) is 0 Å². The normalized spacial score (nSPS) is 12.5. The molecule has 2 N–H and O–H groups in total. The minimum Gasteiger partial charge on any atom is -0.496 e. The van der Waals surface area contributed by atoms with E-state index in [2.05, 4.69) is 10.0 Å². The third-order valence-electron chi connectivity index (χ3n) is 3.58. The molecule has 0 saturated heterocycles. The molecule has 24 heavy (non-hydrogen) atoms. The second kappa shape index (κ2) is 7.46. The second-order valence-corrected chi connectivity index (χ2v) is 6.91. The maximum absolute atomic E-state index is 12.6. The number of hydrogen-bond acceptors (Lipinski definition) is 4. The van der Waals surface area contributed by atoms with Gasteiger partial charge in [-0.05, 0) is 30.7 Å². The van der Waals surface area contributed by atoms with Gasteiger partial charge in [0.15, 0.2) is 0 Å². The minimum atomic E-state index is -3.78. The monoisotopic (exact) mass is 348 g/mol. The fourth-order valence-corrected chi connectivity index (χ4v) is 3.53. The lowest BCUT2D eigenvalue weighted by atomic mass is 10.1. The van der Waals surface area contributed by atoms with Gasteiger partial charge in [0.05, 0.1) is 17.6 Å². The van der Waals surface area contributed by atoms with Crippen molar-refractivity contribution in [3.8, 4) is 5.75 Å². The molecular formula is C17H20N2O4S. The molecule has 0 spiro atoms. The van der Waals surface area contributed by atoms with Gasteiger partial charge in [0, 0.05) is 13.1 Å². The van der Waals surface area contributed by atoms with Gasteiger partial charge in [-0.15, -0.1) is 0 Å². The van der Waals surface area contributed by atoms with Crippen molar-refractivity contribution < 1.29 is 17.9 Å². The average molecular weight is 348 g/mol. The van der Waals surface area contributed by atoms with E-state index < -0.39 is 22.0 Å². The van der Waals surface area contributed by atoms with Gasteiger partial charge in [0.2, 0.25) is 10.0 Å². The zero-order valence-corrected chi connectivity index (χ0v) is 14.6. The van der Waals surface area contributed by atoms with E-state index >= 15 is 0 Å². The number of nitrogens with one attached hydrogen (secondary N) is 2. The minimum absolute atomic E-state index is 0.00433. The predicted molar refractivity (Wildman–Crippen MR) is 91.6 cm³/mol.